The average molecular weight is 434 g/mol. The maximum Gasteiger partial charge on any atom is 0.257 e. The molecule has 1 aromatic carbocycles. The predicted octanol–water partition coefficient (Wildman–Crippen LogP) is 3.87. The molecule has 0 spiro atoms. The first kappa shape index (κ1) is 20.7. The van der Waals surface area contributed by atoms with E-state index in [4.69, 9.17) is 9.05 Å². The minimum absolute atomic E-state index is 0.231. The molecule has 2 aromatic heterocycles. The first-order valence-corrected chi connectivity index (χ1v) is 11.6. The molecule has 0 N–H and O–H groups in total. The molecule has 3 heterocycles. The van der Waals surface area contributed by atoms with E-state index in [0.717, 1.165) is 25.0 Å². The van der Waals surface area contributed by atoms with Crippen LogP contribution in [0.5, 0.6) is 0 Å². The fourth-order valence-corrected chi connectivity index (χ4v) is 5.26. The van der Waals surface area contributed by atoms with Crippen LogP contribution in [0.25, 0.3) is 11.5 Å². The van der Waals surface area contributed by atoms with Gasteiger partial charge in [-0.25, -0.2) is 12.8 Å². The zero-order chi connectivity index (χ0) is 21.1. The third kappa shape index (κ3) is 4.44. The molecular formula is C20H23FN4O4S. The van der Waals surface area contributed by atoms with Crippen LogP contribution in [-0.4, -0.2) is 34.6 Å². The zero-order valence-electron chi connectivity index (χ0n) is 16.6. The fraction of sp³-hybridized carbons (Fsp3) is 0.450. The molecule has 1 aliphatic rings. The summed E-state index contributed by atoms with van der Waals surface area (Å²) in [6.45, 7) is 2.30. The monoisotopic (exact) mass is 434 g/mol. The van der Waals surface area contributed by atoms with Gasteiger partial charge in [0.15, 0.2) is 11.6 Å². The fourth-order valence-electron chi connectivity index (χ4n) is 3.61. The van der Waals surface area contributed by atoms with Gasteiger partial charge in [-0.15, -0.1) is 0 Å². The van der Waals surface area contributed by atoms with Crippen molar-refractivity contribution >= 4 is 10.0 Å². The molecule has 0 bridgehead atoms. The number of nitrogens with zero attached hydrogens (tertiary/aromatic N) is 4. The number of aromatic nitrogens is 3. The van der Waals surface area contributed by atoms with E-state index in [-0.39, 0.29) is 17.5 Å². The van der Waals surface area contributed by atoms with Gasteiger partial charge in [-0.1, -0.05) is 30.1 Å². The normalized spacial score (nSPS) is 18.4. The molecule has 0 amide bonds. The van der Waals surface area contributed by atoms with Gasteiger partial charge in [0.05, 0.1) is 11.7 Å². The summed E-state index contributed by atoms with van der Waals surface area (Å²) in [5.74, 6) is 0.230. The van der Waals surface area contributed by atoms with Crippen LogP contribution in [-0.2, 0) is 22.2 Å². The third-order valence-corrected chi connectivity index (χ3v) is 6.99. The Morgan fingerprint density at radius 2 is 1.93 bits per heavy atom. The van der Waals surface area contributed by atoms with Crippen molar-refractivity contribution in [2.75, 3.05) is 6.54 Å². The molecule has 160 valence electrons. The van der Waals surface area contributed by atoms with Crippen LogP contribution >= 0.6 is 0 Å². The lowest BCUT2D eigenvalue weighted by molar-refractivity contribution is 0.302. The highest BCUT2D eigenvalue weighted by molar-refractivity contribution is 7.88. The first-order chi connectivity index (χ1) is 14.5. The second-order valence-corrected chi connectivity index (χ2v) is 9.26. The summed E-state index contributed by atoms with van der Waals surface area (Å²) in [4.78, 5) is 4.42. The molecule has 1 saturated heterocycles. The van der Waals surface area contributed by atoms with E-state index in [1.807, 2.05) is 6.92 Å². The Morgan fingerprint density at radius 3 is 2.67 bits per heavy atom. The van der Waals surface area contributed by atoms with Crippen molar-refractivity contribution in [3.63, 3.8) is 0 Å². The molecule has 0 saturated carbocycles. The van der Waals surface area contributed by atoms with Gasteiger partial charge in [0.2, 0.25) is 10.0 Å². The second-order valence-electron chi connectivity index (χ2n) is 7.33. The quantitative estimate of drug-likeness (QED) is 0.580. The number of hydrogen-bond donors (Lipinski definition) is 0. The van der Waals surface area contributed by atoms with Gasteiger partial charge in [-0.2, -0.15) is 9.29 Å². The van der Waals surface area contributed by atoms with E-state index in [0.29, 0.717) is 36.5 Å². The van der Waals surface area contributed by atoms with Gasteiger partial charge in [-0.3, -0.25) is 0 Å². The smallest absolute Gasteiger partial charge is 0.257 e. The van der Waals surface area contributed by atoms with Crippen molar-refractivity contribution in [1.82, 2.24) is 19.6 Å². The van der Waals surface area contributed by atoms with Gasteiger partial charge < -0.3 is 9.05 Å². The molecule has 1 fully saturated rings. The Bertz CT molecular complexity index is 1090. The molecule has 0 aliphatic carbocycles. The minimum atomic E-state index is -3.68. The molecule has 1 aliphatic heterocycles. The van der Waals surface area contributed by atoms with Crippen molar-refractivity contribution < 1.29 is 21.9 Å². The van der Waals surface area contributed by atoms with Crippen LogP contribution in [0.1, 0.15) is 55.9 Å². The molecule has 0 radical (unpaired) electrons. The van der Waals surface area contributed by atoms with E-state index in [1.54, 1.807) is 18.2 Å². The summed E-state index contributed by atoms with van der Waals surface area (Å²) < 4.78 is 51.6. The number of sulfonamides is 1. The van der Waals surface area contributed by atoms with Crippen molar-refractivity contribution in [3.8, 4) is 11.5 Å². The van der Waals surface area contributed by atoms with Crippen LogP contribution in [0.4, 0.5) is 4.39 Å². The molecule has 1 unspecified atom stereocenters. The third-order valence-electron chi connectivity index (χ3n) is 5.19. The summed E-state index contributed by atoms with van der Waals surface area (Å²) in [5, 5.41) is 7.93. The zero-order valence-corrected chi connectivity index (χ0v) is 17.4. The maximum absolute atomic E-state index is 13.2. The summed E-state index contributed by atoms with van der Waals surface area (Å²) >= 11 is 0. The van der Waals surface area contributed by atoms with Gasteiger partial charge in [0.25, 0.3) is 5.89 Å². The van der Waals surface area contributed by atoms with Crippen LogP contribution in [0.15, 0.2) is 39.4 Å². The number of benzene rings is 1. The lowest BCUT2D eigenvalue weighted by atomic mass is 10.1. The molecule has 4 rings (SSSR count). The van der Waals surface area contributed by atoms with Gasteiger partial charge in [-0.05, 0) is 43.5 Å². The molecule has 1 atom stereocenters. The van der Waals surface area contributed by atoms with E-state index >= 15 is 0 Å². The summed E-state index contributed by atoms with van der Waals surface area (Å²) in [6, 6.07) is 6.86. The standard InChI is InChI=1S/C20H23FN4O4S/c1-2-16-12-17(28-23-16)13-30(26,27)25-11-5-3-4-6-18(25)19-22-20(29-24-19)14-7-9-15(21)10-8-14/h7-10,12,18H,2-6,11,13H2,1H3. The van der Waals surface area contributed by atoms with Crippen LogP contribution < -0.4 is 0 Å². The second kappa shape index (κ2) is 8.65. The lowest BCUT2D eigenvalue weighted by Crippen LogP contribution is -2.36. The Balaban J connectivity index is 1.61. The van der Waals surface area contributed by atoms with E-state index in [9.17, 15) is 12.8 Å². The van der Waals surface area contributed by atoms with Gasteiger partial charge in [0, 0.05) is 18.2 Å². The van der Waals surface area contributed by atoms with Gasteiger partial charge >= 0.3 is 0 Å². The average Bonchev–Trinajstić information content (AvgIpc) is 3.31. The molecular weight excluding hydrogens is 411 g/mol. The first-order valence-electron chi connectivity index (χ1n) is 10.00. The van der Waals surface area contributed by atoms with Crippen molar-refractivity contribution in [3.05, 3.63) is 53.4 Å². The molecule has 30 heavy (non-hydrogen) atoms. The van der Waals surface area contributed by atoms with E-state index < -0.39 is 16.1 Å². The Labute approximate surface area is 174 Å². The van der Waals surface area contributed by atoms with Crippen molar-refractivity contribution in [1.29, 1.82) is 0 Å². The van der Waals surface area contributed by atoms with E-state index in [1.165, 1.54) is 16.4 Å². The predicted molar refractivity (Wildman–Crippen MR) is 106 cm³/mol. The van der Waals surface area contributed by atoms with Gasteiger partial charge in [0.1, 0.15) is 11.6 Å². The number of hydrogen-bond acceptors (Lipinski definition) is 7. The van der Waals surface area contributed by atoms with Crippen LogP contribution in [0.2, 0.25) is 0 Å². The van der Waals surface area contributed by atoms with Crippen molar-refractivity contribution in [2.24, 2.45) is 0 Å². The Hall–Kier alpha value is -2.59. The number of rotatable bonds is 6. The van der Waals surface area contributed by atoms with Crippen molar-refractivity contribution in [2.45, 2.75) is 50.8 Å². The SMILES string of the molecule is CCc1cc(CS(=O)(=O)N2CCCCCC2c2noc(-c3ccc(F)cc3)n2)on1. The topological polar surface area (TPSA) is 102 Å². The highest BCUT2D eigenvalue weighted by Crippen LogP contribution is 2.33. The maximum atomic E-state index is 13.2. The summed E-state index contributed by atoms with van der Waals surface area (Å²) in [6.07, 6.45) is 3.81. The molecule has 8 nitrogen and oxygen atoms in total. The lowest BCUT2D eigenvalue weighted by Gasteiger charge is -2.26. The largest absolute Gasteiger partial charge is 0.360 e. The highest BCUT2D eigenvalue weighted by Gasteiger charge is 2.36. The van der Waals surface area contributed by atoms with Crippen LogP contribution in [0, 0.1) is 5.82 Å². The number of halogens is 1. The minimum Gasteiger partial charge on any atom is -0.360 e. The Kier molecular flexibility index (Phi) is 5.96. The summed E-state index contributed by atoms with van der Waals surface area (Å²) in [7, 11) is -3.68. The summed E-state index contributed by atoms with van der Waals surface area (Å²) in [5.41, 5.74) is 1.29. The van der Waals surface area contributed by atoms with E-state index in [2.05, 4.69) is 15.3 Å². The number of aryl methyl sites for hydroxylation is 1. The highest BCUT2D eigenvalue weighted by atomic mass is 32.2. The molecule has 3 aromatic rings. The molecule has 10 heteroatoms. The van der Waals surface area contributed by atoms with Crippen LogP contribution in [0.3, 0.4) is 0 Å². The Morgan fingerprint density at radius 1 is 1.13 bits per heavy atom.